The molecule has 0 bridgehead atoms. The number of hydrogen-bond acceptors (Lipinski definition) is 7. The Kier molecular flexibility index (Phi) is 6.55. The summed E-state index contributed by atoms with van der Waals surface area (Å²) in [6.45, 7) is 1.87. The maximum Gasteiger partial charge on any atom is 0.338 e. The second-order valence-corrected chi connectivity index (χ2v) is 8.14. The van der Waals surface area contributed by atoms with E-state index in [2.05, 4.69) is 4.72 Å². The van der Waals surface area contributed by atoms with Crippen LogP contribution in [0.5, 0.6) is 17.2 Å². The molecule has 2 aromatic rings. The first-order valence-electron chi connectivity index (χ1n) is 9.36. The molecule has 0 atom stereocenters. The number of ether oxygens (including phenoxy) is 4. The van der Waals surface area contributed by atoms with Crippen LogP contribution in [0.2, 0.25) is 0 Å². The van der Waals surface area contributed by atoms with Crippen LogP contribution in [0, 0.1) is 0 Å². The predicted molar refractivity (Wildman–Crippen MR) is 115 cm³/mol. The van der Waals surface area contributed by atoms with Gasteiger partial charge in [0.2, 0.25) is 0 Å². The van der Waals surface area contributed by atoms with Crippen LogP contribution in [0.3, 0.4) is 0 Å². The van der Waals surface area contributed by atoms with E-state index in [-0.39, 0.29) is 17.1 Å². The van der Waals surface area contributed by atoms with Crippen molar-refractivity contribution >= 4 is 27.6 Å². The van der Waals surface area contributed by atoms with Gasteiger partial charge in [0, 0.05) is 23.4 Å². The van der Waals surface area contributed by atoms with Crippen LogP contribution in [0.25, 0.3) is 11.6 Å². The highest BCUT2D eigenvalue weighted by molar-refractivity contribution is 7.89. The van der Waals surface area contributed by atoms with Gasteiger partial charge in [-0.05, 0) is 48.9 Å². The van der Waals surface area contributed by atoms with Crippen molar-refractivity contribution in [3.05, 3.63) is 59.3 Å². The van der Waals surface area contributed by atoms with Gasteiger partial charge in [0.05, 0.1) is 38.4 Å². The Morgan fingerprint density at radius 1 is 1.00 bits per heavy atom. The summed E-state index contributed by atoms with van der Waals surface area (Å²) in [7, 11) is 0.602. The second kappa shape index (κ2) is 9.13. The van der Waals surface area contributed by atoms with E-state index < -0.39 is 16.0 Å². The van der Waals surface area contributed by atoms with Crippen LogP contribution in [-0.4, -0.2) is 42.3 Å². The molecule has 0 radical (unpaired) electrons. The van der Waals surface area contributed by atoms with Crippen LogP contribution in [0.4, 0.5) is 0 Å². The minimum Gasteiger partial charge on any atom is -0.497 e. The zero-order valence-electron chi connectivity index (χ0n) is 17.6. The van der Waals surface area contributed by atoms with E-state index in [0.717, 1.165) is 0 Å². The second-order valence-electron chi connectivity index (χ2n) is 6.43. The minimum absolute atomic E-state index is 0.0479. The lowest BCUT2D eigenvalue weighted by molar-refractivity contribution is -0.137. The van der Waals surface area contributed by atoms with Gasteiger partial charge in [0.25, 0.3) is 10.0 Å². The maximum absolute atomic E-state index is 12.8. The first-order valence-corrected chi connectivity index (χ1v) is 10.8. The standard InChI is InChI=1S/C22H23NO7S/c1-5-30-22(24)18-11-14-10-16(28-3)12-20(29-4)21(14)19(18)13-23-31(25,26)17-8-6-15(27-2)7-9-17/h6-13,23H,5H2,1-4H3/b19-13-. The van der Waals surface area contributed by atoms with Crippen LogP contribution < -0.4 is 18.9 Å². The fourth-order valence-electron chi connectivity index (χ4n) is 3.15. The van der Waals surface area contributed by atoms with Gasteiger partial charge in [0.15, 0.2) is 0 Å². The van der Waals surface area contributed by atoms with Gasteiger partial charge in [-0.25, -0.2) is 13.2 Å². The number of sulfonamides is 1. The van der Waals surface area contributed by atoms with E-state index in [1.54, 1.807) is 37.3 Å². The molecule has 0 fully saturated rings. The average molecular weight is 445 g/mol. The largest absolute Gasteiger partial charge is 0.497 e. The van der Waals surface area contributed by atoms with E-state index in [0.29, 0.717) is 33.9 Å². The monoisotopic (exact) mass is 445 g/mol. The Bertz CT molecular complexity index is 1150. The number of rotatable bonds is 8. The summed E-state index contributed by atoms with van der Waals surface area (Å²) >= 11 is 0. The third kappa shape index (κ3) is 4.51. The summed E-state index contributed by atoms with van der Waals surface area (Å²) in [5.74, 6) is 0.928. The van der Waals surface area contributed by atoms with Gasteiger partial charge < -0.3 is 18.9 Å². The predicted octanol–water partition coefficient (Wildman–Crippen LogP) is 2.99. The molecule has 1 aliphatic rings. The fraction of sp³-hybridized carbons (Fsp3) is 0.227. The molecule has 0 spiro atoms. The topological polar surface area (TPSA) is 100 Å². The summed E-state index contributed by atoms with van der Waals surface area (Å²) in [5, 5.41) is 0. The summed E-state index contributed by atoms with van der Waals surface area (Å²) in [5.41, 5.74) is 1.75. The molecule has 0 saturated carbocycles. The molecule has 9 heteroatoms. The van der Waals surface area contributed by atoms with Gasteiger partial charge >= 0.3 is 5.97 Å². The third-order valence-corrected chi connectivity index (χ3v) is 5.97. The molecule has 3 rings (SSSR count). The lowest BCUT2D eigenvalue weighted by atomic mass is 10.0. The van der Waals surface area contributed by atoms with Crippen LogP contribution in [0.15, 0.2) is 53.1 Å². The molecular formula is C22H23NO7S. The number of benzene rings is 2. The quantitative estimate of drug-likeness (QED) is 0.624. The Labute approximate surface area is 181 Å². The van der Waals surface area contributed by atoms with E-state index in [1.807, 2.05) is 0 Å². The lowest BCUT2D eigenvalue weighted by Crippen LogP contribution is -2.19. The Balaban J connectivity index is 2.05. The molecule has 1 aliphatic carbocycles. The lowest BCUT2D eigenvalue weighted by Gasteiger charge is -2.13. The van der Waals surface area contributed by atoms with E-state index in [4.69, 9.17) is 18.9 Å². The molecule has 0 aromatic heterocycles. The zero-order chi connectivity index (χ0) is 22.6. The fourth-order valence-corrected chi connectivity index (χ4v) is 4.05. The Morgan fingerprint density at radius 2 is 1.68 bits per heavy atom. The van der Waals surface area contributed by atoms with Gasteiger partial charge in [0.1, 0.15) is 17.2 Å². The number of methoxy groups -OCH3 is 3. The normalized spacial score (nSPS) is 13.9. The first kappa shape index (κ1) is 22.2. The molecule has 0 amide bonds. The van der Waals surface area contributed by atoms with E-state index in [9.17, 15) is 13.2 Å². The molecule has 1 N–H and O–H groups in total. The maximum atomic E-state index is 12.8. The van der Waals surface area contributed by atoms with Crippen molar-refractivity contribution in [2.24, 2.45) is 0 Å². The number of fused-ring (bicyclic) bond motifs is 1. The van der Waals surface area contributed by atoms with Crippen molar-refractivity contribution in [2.45, 2.75) is 11.8 Å². The summed E-state index contributed by atoms with van der Waals surface area (Å²) in [6, 6.07) is 9.34. The van der Waals surface area contributed by atoms with Crippen LogP contribution in [0.1, 0.15) is 18.1 Å². The van der Waals surface area contributed by atoms with Gasteiger partial charge in [-0.2, -0.15) is 0 Å². The van der Waals surface area contributed by atoms with E-state index >= 15 is 0 Å². The van der Waals surface area contributed by atoms with Crippen LogP contribution in [-0.2, 0) is 19.6 Å². The van der Waals surface area contributed by atoms with Crippen LogP contribution >= 0.6 is 0 Å². The average Bonchev–Trinajstić information content (AvgIpc) is 3.16. The molecule has 0 heterocycles. The number of carbonyl (C=O) groups excluding carboxylic acids is 1. The van der Waals surface area contributed by atoms with Crippen molar-refractivity contribution in [2.75, 3.05) is 27.9 Å². The molecule has 2 aromatic carbocycles. The Morgan fingerprint density at radius 3 is 2.26 bits per heavy atom. The van der Waals surface area contributed by atoms with E-state index in [1.165, 1.54) is 39.7 Å². The Hall–Kier alpha value is -3.46. The third-order valence-electron chi connectivity index (χ3n) is 4.64. The first-order chi connectivity index (χ1) is 14.8. The molecule has 0 unspecified atom stereocenters. The zero-order valence-corrected chi connectivity index (χ0v) is 18.4. The highest BCUT2D eigenvalue weighted by Gasteiger charge is 2.29. The molecule has 8 nitrogen and oxygen atoms in total. The smallest absolute Gasteiger partial charge is 0.338 e. The molecule has 0 saturated heterocycles. The van der Waals surface area contributed by atoms with Crippen molar-refractivity contribution in [1.29, 1.82) is 0 Å². The molecular weight excluding hydrogens is 422 g/mol. The van der Waals surface area contributed by atoms with Crippen molar-refractivity contribution in [3.8, 4) is 17.2 Å². The summed E-state index contributed by atoms with van der Waals surface area (Å²) in [4.78, 5) is 12.6. The molecule has 164 valence electrons. The number of nitrogens with one attached hydrogen (secondary N) is 1. The van der Waals surface area contributed by atoms with Gasteiger partial charge in [-0.1, -0.05) is 0 Å². The molecule has 0 aliphatic heterocycles. The van der Waals surface area contributed by atoms with Gasteiger partial charge in [-0.3, -0.25) is 4.72 Å². The van der Waals surface area contributed by atoms with Crippen molar-refractivity contribution < 1.29 is 32.2 Å². The molecule has 31 heavy (non-hydrogen) atoms. The van der Waals surface area contributed by atoms with Crippen molar-refractivity contribution in [1.82, 2.24) is 4.72 Å². The minimum atomic E-state index is -3.90. The highest BCUT2D eigenvalue weighted by atomic mass is 32.2. The highest BCUT2D eigenvalue weighted by Crippen LogP contribution is 2.43. The number of esters is 1. The summed E-state index contributed by atoms with van der Waals surface area (Å²) in [6.07, 6.45) is 2.88. The summed E-state index contributed by atoms with van der Waals surface area (Å²) < 4.78 is 48.9. The number of carbonyl (C=O) groups is 1. The SMILES string of the molecule is CCOC(=O)C1=Cc2cc(OC)cc(OC)c2/C1=C\NS(=O)(=O)c1ccc(OC)cc1. The van der Waals surface area contributed by atoms with Gasteiger partial charge in [-0.15, -0.1) is 0 Å². The number of hydrogen-bond donors (Lipinski definition) is 1. The van der Waals surface area contributed by atoms with Crippen molar-refractivity contribution in [3.63, 3.8) is 0 Å².